The maximum Gasteiger partial charge on any atom is 0.416 e. The van der Waals surface area contributed by atoms with Crippen molar-refractivity contribution in [2.45, 2.75) is 57.2 Å². The zero-order valence-corrected chi connectivity index (χ0v) is 17.0. The van der Waals surface area contributed by atoms with Crippen molar-refractivity contribution in [3.63, 3.8) is 0 Å². The van der Waals surface area contributed by atoms with Gasteiger partial charge in [-0.05, 0) is 74.3 Å². The van der Waals surface area contributed by atoms with Crippen LogP contribution in [0.3, 0.4) is 0 Å². The van der Waals surface area contributed by atoms with Gasteiger partial charge in [-0.2, -0.15) is 18.4 Å². The van der Waals surface area contributed by atoms with Gasteiger partial charge in [-0.3, -0.25) is 9.69 Å². The van der Waals surface area contributed by atoms with E-state index in [2.05, 4.69) is 16.3 Å². The second kappa shape index (κ2) is 10.1. The Bertz CT molecular complexity index is 787. The lowest BCUT2D eigenvalue weighted by Crippen LogP contribution is -2.38. The van der Waals surface area contributed by atoms with Crippen LogP contribution in [-0.2, 0) is 11.0 Å². The Morgan fingerprint density at radius 1 is 1.17 bits per heavy atom. The molecule has 1 aliphatic carbocycles. The highest BCUT2D eigenvalue weighted by atomic mass is 19.4. The fourth-order valence-electron chi connectivity index (χ4n) is 4.36. The molecule has 0 unspecified atom stereocenters. The molecule has 1 aromatic carbocycles. The van der Waals surface area contributed by atoms with E-state index in [1.165, 1.54) is 0 Å². The molecule has 1 amide bonds. The minimum absolute atomic E-state index is 0.0726. The van der Waals surface area contributed by atoms with Gasteiger partial charge in [0.1, 0.15) is 6.42 Å². The molecule has 1 aliphatic heterocycles. The van der Waals surface area contributed by atoms with Crippen LogP contribution in [-0.4, -0.2) is 36.5 Å². The fourth-order valence-corrected chi connectivity index (χ4v) is 4.36. The lowest BCUT2D eigenvalue weighted by Gasteiger charge is -2.32. The van der Waals surface area contributed by atoms with Crippen LogP contribution in [0.2, 0.25) is 0 Å². The maximum absolute atomic E-state index is 12.7. The van der Waals surface area contributed by atoms with Gasteiger partial charge >= 0.3 is 6.18 Å². The standard InChI is InChI=1S/C23H28F3N3O/c24-23(25,26)20-5-3-18(4-6-20)19-11-15-29(16-12-19)14-10-17-1-7-21(8-2-17)28-22(30)9-13-27/h3-6,11,17,21H,1-2,7-10,12,14-16H2,(H,28,30)/t17-,21-. The first-order valence-corrected chi connectivity index (χ1v) is 10.6. The van der Waals surface area contributed by atoms with Crippen LogP contribution < -0.4 is 5.32 Å². The van der Waals surface area contributed by atoms with E-state index < -0.39 is 11.7 Å². The number of rotatable bonds is 6. The highest BCUT2D eigenvalue weighted by Crippen LogP contribution is 2.31. The minimum atomic E-state index is -4.29. The van der Waals surface area contributed by atoms with Crippen molar-refractivity contribution >= 4 is 11.5 Å². The van der Waals surface area contributed by atoms with Crippen molar-refractivity contribution < 1.29 is 18.0 Å². The first-order chi connectivity index (χ1) is 14.3. The van der Waals surface area contributed by atoms with E-state index in [0.29, 0.717) is 5.92 Å². The average molecular weight is 419 g/mol. The van der Waals surface area contributed by atoms with Crippen LogP contribution in [0.25, 0.3) is 5.57 Å². The molecule has 1 N–H and O–H groups in total. The van der Waals surface area contributed by atoms with Crippen molar-refractivity contribution in [2.75, 3.05) is 19.6 Å². The molecule has 0 saturated heterocycles. The molecule has 2 aliphatic rings. The average Bonchev–Trinajstić information content (AvgIpc) is 2.73. The Kier molecular flexibility index (Phi) is 7.54. The summed E-state index contributed by atoms with van der Waals surface area (Å²) in [6.07, 6.45) is 3.88. The molecule has 0 spiro atoms. The summed E-state index contributed by atoms with van der Waals surface area (Å²) in [5.41, 5.74) is 1.39. The normalized spacial score (nSPS) is 22.8. The lowest BCUT2D eigenvalue weighted by molar-refractivity contribution is -0.137. The number of carbonyl (C=O) groups excluding carboxylic acids is 1. The van der Waals surface area contributed by atoms with Gasteiger partial charge in [-0.25, -0.2) is 0 Å². The van der Waals surface area contributed by atoms with Gasteiger partial charge in [0.15, 0.2) is 0 Å². The molecule has 1 heterocycles. The molecule has 4 nitrogen and oxygen atoms in total. The second-order valence-electron chi connectivity index (χ2n) is 8.26. The summed E-state index contributed by atoms with van der Waals surface area (Å²) in [6, 6.07) is 7.52. The number of benzene rings is 1. The molecule has 3 rings (SSSR count). The third kappa shape index (κ3) is 6.33. The first kappa shape index (κ1) is 22.4. The Labute approximate surface area is 175 Å². The highest BCUT2D eigenvalue weighted by molar-refractivity contribution is 5.78. The minimum Gasteiger partial charge on any atom is -0.352 e. The molecule has 1 fully saturated rings. The van der Waals surface area contributed by atoms with Gasteiger partial charge in [0.2, 0.25) is 5.91 Å². The highest BCUT2D eigenvalue weighted by Gasteiger charge is 2.30. The molecule has 0 radical (unpaired) electrons. The Morgan fingerprint density at radius 2 is 1.87 bits per heavy atom. The topological polar surface area (TPSA) is 56.1 Å². The van der Waals surface area contributed by atoms with E-state index >= 15 is 0 Å². The van der Waals surface area contributed by atoms with E-state index in [1.807, 2.05) is 6.07 Å². The fraction of sp³-hybridized carbons (Fsp3) is 0.565. The Balaban J connectivity index is 1.39. The molecular weight excluding hydrogens is 391 g/mol. The van der Waals surface area contributed by atoms with E-state index in [4.69, 9.17) is 5.26 Å². The molecule has 0 aromatic heterocycles. The number of nitrogens with zero attached hydrogens (tertiary/aromatic N) is 2. The second-order valence-corrected chi connectivity index (χ2v) is 8.26. The van der Waals surface area contributed by atoms with Crippen LogP contribution in [0, 0.1) is 17.2 Å². The molecular formula is C23H28F3N3O. The van der Waals surface area contributed by atoms with Crippen LogP contribution in [0.15, 0.2) is 30.3 Å². The van der Waals surface area contributed by atoms with E-state index in [0.717, 1.165) is 81.4 Å². The van der Waals surface area contributed by atoms with Gasteiger partial charge in [0.25, 0.3) is 0 Å². The first-order valence-electron chi connectivity index (χ1n) is 10.6. The smallest absolute Gasteiger partial charge is 0.352 e. The van der Waals surface area contributed by atoms with Crippen LogP contribution in [0.1, 0.15) is 56.1 Å². The largest absolute Gasteiger partial charge is 0.416 e. The molecule has 162 valence electrons. The number of nitrogens with one attached hydrogen (secondary N) is 1. The predicted molar refractivity (Wildman–Crippen MR) is 109 cm³/mol. The molecule has 1 saturated carbocycles. The van der Waals surface area contributed by atoms with Crippen LogP contribution in [0.4, 0.5) is 13.2 Å². The molecule has 0 atom stereocenters. The van der Waals surface area contributed by atoms with E-state index in [-0.39, 0.29) is 18.4 Å². The van der Waals surface area contributed by atoms with Crippen molar-refractivity contribution in [1.82, 2.24) is 10.2 Å². The van der Waals surface area contributed by atoms with Gasteiger partial charge in [-0.15, -0.1) is 0 Å². The summed E-state index contributed by atoms with van der Waals surface area (Å²) in [6.45, 7) is 2.77. The van der Waals surface area contributed by atoms with Gasteiger partial charge in [-0.1, -0.05) is 18.2 Å². The third-order valence-electron chi connectivity index (χ3n) is 6.18. The summed E-state index contributed by atoms with van der Waals surface area (Å²) >= 11 is 0. The molecule has 30 heavy (non-hydrogen) atoms. The zero-order chi connectivity index (χ0) is 21.6. The van der Waals surface area contributed by atoms with Gasteiger partial charge in [0.05, 0.1) is 11.6 Å². The number of nitriles is 1. The van der Waals surface area contributed by atoms with Crippen molar-refractivity contribution in [3.8, 4) is 6.07 Å². The van der Waals surface area contributed by atoms with E-state index in [9.17, 15) is 18.0 Å². The lowest BCUT2D eigenvalue weighted by atomic mass is 9.84. The van der Waals surface area contributed by atoms with Crippen LogP contribution in [0.5, 0.6) is 0 Å². The molecule has 7 heteroatoms. The number of alkyl halides is 3. The molecule has 1 aromatic rings. The van der Waals surface area contributed by atoms with Crippen molar-refractivity contribution in [3.05, 3.63) is 41.5 Å². The number of carbonyl (C=O) groups is 1. The summed E-state index contributed by atoms with van der Waals surface area (Å²) < 4.78 is 38.1. The SMILES string of the molecule is N#CCC(=O)N[C@H]1CC[C@H](CCN2CC=C(c3ccc(C(F)(F)F)cc3)CC2)CC1. The third-order valence-corrected chi connectivity index (χ3v) is 6.18. The van der Waals surface area contributed by atoms with Crippen LogP contribution >= 0.6 is 0 Å². The monoisotopic (exact) mass is 419 g/mol. The zero-order valence-electron chi connectivity index (χ0n) is 17.0. The Hall–Kier alpha value is -2.33. The number of halogens is 3. The van der Waals surface area contributed by atoms with Gasteiger partial charge in [0, 0.05) is 19.1 Å². The number of hydrogen-bond acceptors (Lipinski definition) is 3. The Morgan fingerprint density at radius 3 is 2.43 bits per heavy atom. The summed E-state index contributed by atoms with van der Waals surface area (Å²) in [5, 5.41) is 11.5. The quantitative estimate of drug-likeness (QED) is 0.722. The summed E-state index contributed by atoms with van der Waals surface area (Å²) in [7, 11) is 0. The summed E-state index contributed by atoms with van der Waals surface area (Å²) in [4.78, 5) is 13.9. The van der Waals surface area contributed by atoms with Crippen molar-refractivity contribution in [1.29, 1.82) is 5.26 Å². The van der Waals surface area contributed by atoms with Gasteiger partial charge < -0.3 is 5.32 Å². The van der Waals surface area contributed by atoms with E-state index in [1.54, 1.807) is 12.1 Å². The maximum atomic E-state index is 12.7. The number of hydrogen-bond donors (Lipinski definition) is 1. The van der Waals surface area contributed by atoms with Crippen molar-refractivity contribution in [2.24, 2.45) is 5.92 Å². The number of amides is 1. The summed E-state index contributed by atoms with van der Waals surface area (Å²) in [5.74, 6) is 0.485. The predicted octanol–water partition coefficient (Wildman–Crippen LogP) is 4.77. The molecule has 0 bridgehead atoms.